The zero-order valence-corrected chi connectivity index (χ0v) is 20.7. The number of hydrogen-bond donors (Lipinski definition) is 2. The predicted octanol–water partition coefficient (Wildman–Crippen LogP) is 3.98. The largest absolute Gasteiger partial charge is 0.449 e. The number of para-hydroxylation sites is 1. The van der Waals surface area contributed by atoms with E-state index in [1.165, 1.54) is 16.9 Å². The van der Waals surface area contributed by atoms with Crippen LogP contribution < -0.4 is 15.6 Å². The summed E-state index contributed by atoms with van der Waals surface area (Å²) in [5.74, 6) is -5.84. The van der Waals surface area contributed by atoms with E-state index in [1.54, 1.807) is 13.8 Å². The Morgan fingerprint density at radius 1 is 1.05 bits per heavy atom. The van der Waals surface area contributed by atoms with Crippen molar-refractivity contribution in [3.05, 3.63) is 100 Å². The fourth-order valence-corrected chi connectivity index (χ4v) is 3.72. The topological polar surface area (TPSA) is 111 Å². The number of carbonyl (C=O) groups excluding carboxylic acids is 1. The summed E-state index contributed by atoms with van der Waals surface area (Å²) in [6.07, 6.45) is 1.82. The van der Waals surface area contributed by atoms with Gasteiger partial charge in [0.1, 0.15) is 17.7 Å². The smallest absolute Gasteiger partial charge is 0.271 e. The number of rotatable bonds is 9. The molecule has 4 aromatic rings. The molecule has 1 unspecified atom stereocenters. The van der Waals surface area contributed by atoms with E-state index in [0.29, 0.717) is 4.68 Å². The molecule has 0 aliphatic rings. The molecule has 204 valence electrons. The van der Waals surface area contributed by atoms with Crippen molar-refractivity contribution in [2.24, 2.45) is 0 Å². The average molecular weight is 545 g/mol. The molecule has 1 amide bonds. The molecular formula is C26H23F4N5O4. The monoisotopic (exact) mass is 545 g/mol. The highest BCUT2D eigenvalue weighted by Gasteiger charge is 2.27. The zero-order chi connectivity index (χ0) is 28.3. The van der Waals surface area contributed by atoms with Crippen LogP contribution in [0.25, 0.3) is 0 Å². The van der Waals surface area contributed by atoms with E-state index in [0.717, 1.165) is 48.7 Å². The van der Waals surface area contributed by atoms with Crippen LogP contribution in [-0.2, 0) is 17.8 Å². The first kappa shape index (κ1) is 27.5. The van der Waals surface area contributed by atoms with Gasteiger partial charge in [-0.25, -0.2) is 22.2 Å². The molecule has 0 bridgehead atoms. The molecule has 13 heteroatoms. The van der Waals surface area contributed by atoms with Gasteiger partial charge in [-0.2, -0.15) is 10.2 Å². The van der Waals surface area contributed by atoms with E-state index in [-0.39, 0.29) is 18.1 Å². The quantitative estimate of drug-likeness (QED) is 0.308. The van der Waals surface area contributed by atoms with Crippen LogP contribution in [0.5, 0.6) is 11.5 Å². The number of aromatic nitrogens is 4. The maximum atomic E-state index is 14.5. The standard InChI is InChI=1S/C26H23F4N5O4/c1-26(2,38)14-34-10-9-22(33-34)32-25(37)21(12-16-17(27)5-3-6-18(16)28)35-23(36)11-15(13-31-35)39-24-19(29)7-4-8-20(24)30/h3-11,13,21,38H,12,14H2,1-2H3,(H,32,33,37). The van der Waals surface area contributed by atoms with Crippen molar-refractivity contribution >= 4 is 11.7 Å². The Morgan fingerprint density at radius 2 is 1.67 bits per heavy atom. The lowest BCUT2D eigenvalue weighted by atomic mass is 10.0. The maximum Gasteiger partial charge on any atom is 0.271 e. The normalized spacial score (nSPS) is 12.3. The lowest BCUT2D eigenvalue weighted by Gasteiger charge is -2.19. The number of nitrogens with zero attached hydrogens (tertiary/aromatic N) is 4. The van der Waals surface area contributed by atoms with E-state index >= 15 is 0 Å². The van der Waals surface area contributed by atoms with E-state index in [9.17, 15) is 32.3 Å². The van der Waals surface area contributed by atoms with E-state index in [4.69, 9.17) is 4.74 Å². The van der Waals surface area contributed by atoms with Gasteiger partial charge in [0, 0.05) is 30.3 Å². The van der Waals surface area contributed by atoms with Gasteiger partial charge in [0.2, 0.25) is 0 Å². The summed E-state index contributed by atoms with van der Waals surface area (Å²) in [5.41, 5.74) is -2.51. The van der Waals surface area contributed by atoms with Gasteiger partial charge in [-0.05, 0) is 38.1 Å². The summed E-state index contributed by atoms with van der Waals surface area (Å²) < 4.78 is 64.0. The Bertz CT molecular complexity index is 1520. The Hall–Kier alpha value is -4.52. The molecule has 0 aliphatic carbocycles. The Balaban J connectivity index is 1.66. The maximum absolute atomic E-state index is 14.5. The molecule has 0 aliphatic heterocycles. The van der Waals surface area contributed by atoms with Gasteiger partial charge >= 0.3 is 0 Å². The van der Waals surface area contributed by atoms with Gasteiger partial charge in [-0.1, -0.05) is 12.1 Å². The van der Waals surface area contributed by atoms with Crippen molar-refractivity contribution < 1.29 is 32.2 Å². The van der Waals surface area contributed by atoms with Crippen LogP contribution in [0.1, 0.15) is 25.5 Å². The van der Waals surface area contributed by atoms with E-state index < -0.39 is 64.1 Å². The van der Waals surface area contributed by atoms with E-state index in [2.05, 4.69) is 15.5 Å². The van der Waals surface area contributed by atoms with Crippen LogP contribution in [0.4, 0.5) is 23.4 Å². The summed E-state index contributed by atoms with van der Waals surface area (Å²) in [7, 11) is 0. The Kier molecular flexibility index (Phi) is 7.81. The van der Waals surface area contributed by atoms with Crippen molar-refractivity contribution in [2.45, 2.75) is 38.5 Å². The highest BCUT2D eigenvalue weighted by Crippen LogP contribution is 2.27. The third-order valence-electron chi connectivity index (χ3n) is 5.44. The third-order valence-corrected chi connectivity index (χ3v) is 5.44. The summed E-state index contributed by atoms with van der Waals surface area (Å²) in [5, 5.41) is 20.5. The molecule has 4 rings (SSSR count). The van der Waals surface area contributed by atoms with Gasteiger partial charge in [0.15, 0.2) is 29.0 Å². The number of hydrogen-bond acceptors (Lipinski definition) is 6. The number of nitrogens with one attached hydrogen (secondary N) is 1. The number of amides is 1. The van der Waals surface area contributed by atoms with Crippen LogP contribution in [0.3, 0.4) is 0 Å². The number of carbonyl (C=O) groups is 1. The minimum atomic E-state index is -1.57. The zero-order valence-electron chi connectivity index (χ0n) is 20.7. The molecule has 0 spiro atoms. The molecule has 0 saturated carbocycles. The summed E-state index contributed by atoms with van der Waals surface area (Å²) >= 11 is 0. The van der Waals surface area contributed by atoms with Crippen molar-refractivity contribution in [2.75, 3.05) is 5.32 Å². The van der Waals surface area contributed by atoms with Crippen molar-refractivity contribution in [3.8, 4) is 11.5 Å². The fourth-order valence-electron chi connectivity index (χ4n) is 3.72. The Labute approximate surface area is 219 Å². The van der Waals surface area contributed by atoms with E-state index in [1.807, 2.05) is 0 Å². The number of benzene rings is 2. The first-order valence-corrected chi connectivity index (χ1v) is 11.6. The van der Waals surface area contributed by atoms with Gasteiger partial charge in [-0.3, -0.25) is 14.3 Å². The molecule has 2 aromatic carbocycles. The summed E-state index contributed by atoms with van der Waals surface area (Å²) in [6.45, 7) is 3.24. The SMILES string of the molecule is CC(C)(O)Cn1ccc(NC(=O)C(Cc2c(F)cccc2F)n2ncc(Oc3c(F)cccc3F)cc2=O)n1. The minimum absolute atomic E-state index is 0.0475. The number of anilines is 1. The number of ether oxygens (including phenoxy) is 1. The van der Waals surface area contributed by atoms with Crippen LogP contribution in [0, 0.1) is 23.3 Å². The molecule has 39 heavy (non-hydrogen) atoms. The lowest BCUT2D eigenvalue weighted by molar-refractivity contribution is -0.119. The third kappa shape index (κ3) is 6.68. The molecular weight excluding hydrogens is 522 g/mol. The first-order chi connectivity index (χ1) is 18.4. The minimum Gasteiger partial charge on any atom is -0.449 e. The number of aliphatic hydroxyl groups is 1. The van der Waals surface area contributed by atoms with Gasteiger partial charge in [0.25, 0.3) is 11.5 Å². The summed E-state index contributed by atoms with van der Waals surface area (Å²) in [4.78, 5) is 26.2. The predicted molar refractivity (Wildman–Crippen MR) is 131 cm³/mol. The highest BCUT2D eigenvalue weighted by atomic mass is 19.1. The summed E-state index contributed by atoms with van der Waals surface area (Å²) in [6, 6.07) is 6.89. The molecule has 1 atom stereocenters. The Morgan fingerprint density at radius 3 is 2.26 bits per heavy atom. The number of halogens is 4. The van der Waals surface area contributed by atoms with Crippen LogP contribution in [-0.4, -0.2) is 36.2 Å². The second kappa shape index (κ2) is 11.1. The average Bonchev–Trinajstić information content (AvgIpc) is 3.27. The second-order valence-corrected chi connectivity index (χ2v) is 9.25. The molecule has 0 saturated heterocycles. The highest BCUT2D eigenvalue weighted by molar-refractivity contribution is 5.93. The molecule has 2 N–H and O–H groups in total. The second-order valence-electron chi connectivity index (χ2n) is 9.25. The van der Waals surface area contributed by atoms with Crippen LogP contribution in [0.15, 0.2) is 65.7 Å². The van der Waals surface area contributed by atoms with Crippen LogP contribution >= 0.6 is 0 Å². The van der Waals surface area contributed by atoms with Gasteiger partial charge < -0.3 is 15.2 Å². The van der Waals surface area contributed by atoms with Crippen LogP contribution in [0.2, 0.25) is 0 Å². The molecule has 2 heterocycles. The molecule has 0 radical (unpaired) electrons. The fraction of sp³-hybridized carbons (Fsp3) is 0.231. The molecule has 9 nitrogen and oxygen atoms in total. The lowest BCUT2D eigenvalue weighted by Crippen LogP contribution is -2.36. The molecule has 0 fully saturated rings. The molecule has 2 aromatic heterocycles. The first-order valence-electron chi connectivity index (χ1n) is 11.6. The van der Waals surface area contributed by atoms with Gasteiger partial charge in [0.05, 0.1) is 18.3 Å². The van der Waals surface area contributed by atoms with Gasteiger partial charge in [-0.15, -0.1) is 0 Å². The van der Waals surface area contributed by atoms with Crippen molar-refractivity contribution in [1.29, 1.82) is 0 Å². The van der Waals surface area contributed by atoms with Crippen molar-refractivity contribution in [3.63, 3.8) is 0 Å². The van der Waals surface area contributed by atoms with Crippen molar-refractivity contribution in [1.82, 2.24) is 19.6 Å².